The van der Waals surface area contributed by atoms with Gasteiger partial charge in [-0.25, -0.2) is 4.79 Å². The van der Waals surface area contributed by atoms with Gasteiger partial charge in [0.25, 0.3) is 0 Å². The van der Waals surface area contributed by atoms with E-state index >= 15 is 0 Å². The molecule has 2 atom stereocenters. The monoisotopic (exact) mass is 315 g/mol. The van der Waals surface area contributed by atoms with Crippen LogP contribution in [0.2, 0.25) is 0 Å². The van der Waals surface area contributed by atoms with Gasteiger partial charge in [-0.3, -0.25) is 4.79 Å². The van der Waals surface area contributed by atoms with Gasteiger partial charge in [-0.15, -0.1) is 0 Å². The lowest BCUT2D eigenvalue weighted by molar-refractivity contribution is -0.162. The molecule has 2 rings (SSSR count). The van der Waals surface area contributed by atoms with Crippen LogP contribution in [-0.4, -0.2) is 40.6 Å². The summed E-state index contributed by atoms with van der Waals surface area (Å²) in [5.41, 5.74) is 0.00872. The van der Waals surface area contributed by atoms with Crippen molar-refractivity contribution >= 4 is 11.9 Å². The van der Waals surface area contributed by atoms with Crippen molar-refractivity contribution in [3.05, 3.63) is 35.9 Å². The quantitative estimate of drug-likeness (QED) is 0.929. The third-order valence-corrected chi connectivity index (χ3v) is 3.83. The van der Waals surface area contributed by atoms with Gasteiger partial charge in [-0.05, 0) is 18.4 Å². The summed E-state index contributed by atoms with van der Waals surface area (Å²) in [7, 11) is 0. The maximum Gasteiger partial charge on any atom is 0.396 e. The Morgan fingerprint density at radius 2 is 1.91 bits per heavy atom. The molecule has 0 spiro atoms. The van der Waals surface area contributed by atoms with E-state index in [2.05, 4.69) is 0 Å². The average Bonchev–Trinajstić information content (AvgIpc) is 2.94. The molecule has 0 saturated carbocycles. The number of hydrogen-bond donors (Lipinski definition) is 1. The number of hydrogen-bond acceptors (Lipinski definition) is 2. The zero-order chi connectivity index (χ0) is 16.3. The number of rotatable bonds is 4. The maximum absolute atomic E-state index is 13.2. The first-order valence-corrected chi connectivity index (χ1v) is 6.94. The van der Waals surface area contributed by atoms with Crippen molar-refractivity contribution in [3.63, 3.8) is 0 Å². The number of carbonyl (C=O) groups excluding carboxylic acids is 1. The molecule has 1 fully saturated rings. The van der Waals surface area contributed by atoms with Gasteiger partial charge in [0.1, 0.15) is 6.04 Å². The first-order chi connectivity index (χ1) is 10.3. The fourth-order valence-corrected chi connectivity index (χ4v) is 2.72. The second kappa shape index (κ2) is 6.37. The molecule has 7 heteroatoms. The lowest BCUT2D eigenvalue weighted by Gasteiger charge is -2.26. The van der Waals surface area contributed by atoms with Gasteiger partial charge in [0.2, 0.25) is 5.91 Å². The van der Waals surface area contributed by atoms with Crippen LogP contribution in [-0.2, 0) is 9.59 Å². The summed E-state index contributed by atoms with van der Waals surface area (Å²) in [5.74, 6) is -3.86. The highest BCUT2D eigenvalue weighted by Crippen LogP contribution is 2.38. The Labute approximate surface area is 125 Å². The molecular weight excluding hydrogens is 299 g/mol. The molecule has 0 radical (unpaired) electrons. The molecule has 1 heterocycles. The number of halogens is 3. The van der Waals surface area contributed by atoms with Crippen molar-refractivity contribution in [1.29, 1.82) is 0 Å². The molecule has 4 nitrogen and oxygen atoms in total. The lowest BCUT2D eigenvalue weighted by atomic mass is 9.94. The fraction of sp³-hybridized carbons (Fsp3) is 0.467. The molecule has 1 amide bonds. The predicted molar refractivity (Wildman–Crippen MR) is 72.2 cm³/mol. The van der Waals surface area contributed by atoms with Crippen molar-refractivity contribution in [2.75, 3.05) is 6.54 Å². The second-order valence-electron chi connectivity index (χ2n) is 5.29. The molecule has 1 aliphatic heterocycles. The first kappa shape index (κ1) is 16.3. The van der Waals surface area contributed by atoms with Gasteiger partial charge in [0.05, 0.1) is 5.92 Å². The number of carbonyl (C=O) groups is 2. The van der Waals surface area contributed by atoms with E-state index in [1.807, 2.05) is 0 Å². The Morgan fingerprint density at radius 3 is 2.45 bits per heavy atom. The van der Waals surface area contributed by atoms with Crippen molar-refractivity contribution in [2.45, 2.75) is 37.4 Å². The van der Waals surface area contributed by atoms with Gasteiger partial charge in [-0.1, -0.05) is 30.3 Å². The van der Waals surface area contributed by atoms with Gasteiger partial charge < -0.3 is 10.0 Å². The summed E-state index contributed by atoms with van der Waals surface area (Å²) >= 11 is 0. The third-order valence-electron chi connectivity index (χ3n) is 3.83. The Balaban J connectivity index is 2.17. The molecule has 1 saturated heterocycles. The van der Waals surface area contributed by atoms with Crippen LogP contribution in [0.3, 0.4) is 0 Å². The van der Waals surface area contributed by atoms with Crippen molar-refractivity contribution < 1.29 is 27.9 Å². The van der Waals surface area contributed by atoms with E-state index < -0.39 is 36.4 Å². The zero-order valence-corrected chi connectivity index (χ0v) is 11.7. The van der Waals surface area contributed by atoms with Crippen LogP contribution in [0.5, 0.6) is 0 Å². The number of aliphatic carboxylic acids is 1. The maximum atomic E-state index is 13.2. The molecular formula is C15H16F3NO3. The summed E-state index contributed by atoms with van der Waals surface area (Å²) in [6.45, 7) is 0.190. The predicted octanol–water partition coefficient (Wildman–Crippen LogP) is 2.80. The van der Waals surface area contributed by atoms with Crippen molar-refractivity contribution in [1.82, 2.24) is 4.90 Å². The van der Waals surface area contributed by atoms with E-state index in [-0.39, 0.29) is 18.5 Å². The average molecular weight is 315 g/mol. The molecule has 120 valence electrons. The molecule has 0 aliphatic carbocycles. The number of carboxylic acid groups (broad SMARTS) is 1. The van der Waals surface area contributed by atoms with Crippen LogP contribution in [0, 0.1) is 0 Å². The Kier molecular flexibility index (Phi) is 4.73. The second-order valence-corrected chi connectivity index (χ2v) is 5.29. The topological polar surface area (TPSA) is 57.6 Å². The Hall–Kier alpha value is -2.05. The molecule has 2 unspecified atom stereocenters. The molecule has 0 aromatic heterocycles. The Morgan fingerprint density at radius 1 is 1.27 bits per heavy atom. The number of amides is 1. The lowest BCUT2D eigenvalue weighted by Crippen LogP contribution is -2.41. The van der Waals surface area contributed by atoms with Gasteiger partial charge >= 0.3 is 12.1 Å². The minimum absolute atomic E-state index is 0.00872. The molecule has 0 bridgehead atoms. The van der Waals surface area contributed by atoms with Crippen molar-refractivity contribution in [3.8, 4) is 0 Å². The number of benzene rings is 1. The summed E-state index contributed by atoms with van der Waals surface area (Å²) in [6.07, 6.45) is -4.55. The smallest absolute Gasteiger partial charge is 0.396 e. The van der Waals surface area contributed by atoms with E-state index in [1.165, 1.54) is 24.3 Å². The minimum atomic E-state index is -4.56. The highest BCUT2D eigenvalue weighted by molar-refractivity contribution is 5.84. The highest BCUT2D eigenvalue weighted by Gasteiger charge is 2.44. The molecule has 1 aromatic carbocycles. The van der Waals surface area contributed by atoms with Crippen LogP contribution in [0.1, 0.15) is 30.7 Å². The van der Waals surface area contributed by atoms with Crippen LogP contribution in [0.25, 0.3) is 0 Å². The fourth-order valence-electron chi connectivity index (χ4n) is 2.72. The number of nitrogens with zero attached hydrogens (tertiary/aromatic N) is 1. The normalized spacial score (nSPS) is 20.0. The van der Waals surface area contributed by atoms with E-state index in [9.17, 15) is 22.8 Å². The SMILES string of the molecule is O=C(O)C1CCCN1C(=O)CC(c1ccccc1)C(F)(F)F. The number of likely N-dealkylation sites (tertiary alicyclic amines) is 1. The third kappa shape index (κ3) is 3.58. The molecule has 1 aromatic rings. The minimum Gasteiger partial charge on any atom is -0.480 e. The van der Waals surface area contributed by atoms with Crippen molar-refractivity contribution in [2.24, 2.45) is 0 Å². The molecule has 1 N–H and O–H groups in total. The first-order valence-electron chi connectivity index (χ1n) is 6.94. The standard InChI is InChI=1S/C15H16F3NO3/c16-15(17,18)11(10-5-2-1-3-6-10)9-13(20)19-8-4-7-12(19)14(21)22/h1-3,5-6,11-12H,4,7-9H2,(H,21,22). The summed E-state index contributed by atoms with van der Waals surface area (Å²) in [5, 5.41) is 9.03. The van der Waals surface area contributed by atoms with Crippen LogP contribution >= 0.6 is 0 Å². The van der Waals surface area contributed by atoms with Crippen LogP contribution < -0.4 is 0 Å². The van der Waals surface area contributed by atoms with Crippen LogP contribution in [0.4, 0.5) is 13.2 Å². The summed E-state index contributed by atoms with van der Waals surface area (Å²) in [6, 6.07) is 6.19. The van der Waals surface area contributed by atoms with E-state index in [0.717, 1.165) is 4.90 Å². The number of carboxylic acids is 1. The molecule has 1 aliphatic rings. The van der Waals surface area contributed by atoms with Crippen LogP contribution in [0.15, 0.2) is 30.3 Å². The van der Waals surface area contributed by atoms with Gasteiger partial charge in [0.15, 0.2) is 0 Å². The summed E-state index contributed by atoms with van der Waals surface area (Å²) < 4.78 is 39.7. The molecule has 22 heavy (non-hydrogen) atoms. The van der Waals surface area contributed by atoms with Gasteiger partial charge in [-0.2, -0.15) is 13.2 Å². The van der Waals surface area contributed by atoms with E-state index in [4.69, 9.17) is 5.11 Å². The Bertz CT molecular complexity index is 545. The highest BCUT2D eigenvalue weighted by atomic mass is 19.4. The zero-order valence-electron chi connectivity index (χ0n) is 11.7. The van der Waals surface area contributed by atoms with Gasteiger partial charge in [0, 0.05) is 13.0 Å². The number of alkyl halides is 3. The summed E-state index contributed by atoms with van der Waals surface area (Å²) in [4.78, 5) is 24.3. The largest absolute Gasteiger partial charge is 0.480 e. The van der Waals surface area contributed by atoms with E-state index in [1.54, 1.807) is 6.07 Å². The van der Waals surface area contributed by atoms with E-state index in [0.29, 0.717) is 6.42 Å².